The molecule has 0 aliphatic heterocycles. The zero-order valence-corrected chi connectivity index (χ0v) is 15.8. The highest BCUT2D eigenvalue weighted by molar-refractivity contribution is 5.94. The number of benzene rings is 2. The molecule has 4 N–H and O–H groups in total. The summed E-state index contributed by atoms with van der Waals surface area (Å²) in [4.78, 5) is 27.6. The van der Waals surface area contributed by atoms with Crippen molar-refractivity contribution in [1.29, 1.82) is 0 Å². The second-order valence-electron chi connectivity index (χ2n) is 6.45. The van der Waals surface area contributed by atoms with Crippen molar-refractivity contribution < 1.29 is 24.6 Å². The van der Waals surface area contributed by atoms with E-state index in [2.05, 4.69) is 10.3 Å². The standard InChI is InChI=1S/C21H21N3O5/c1-13-10-15(17-4-2-3-5-18(17)23-13)12-29-16-8-6-14(7-9-16)20(26)22-11-19(25)21(27)24-28/h2-10,19,25,28H,11-12H2,1H3,(H,22,26)(H,24,27). The summed E-state index contributed by atoms with van der Waals surface area (Å²) in [5.41, 5.74) is 4.50. The fraction of sp³-hybridized carbons (Fsp3) is 0.190. The summed E-state index contributed by atoms with van der Waals surface area (Å²) >= 11 is 0. The maximum Gasteiger partial charge on any atom is 0.273 e. The minimum absolute atomic E-state index is 0.321. The predicted octanol–water partition coefficient (Wildman–Crippen LogP) is 1.72. The van der Waals surface area contributed by atoms with Crippen LogP contribution in [-0.4, -0.2) is 39.8 Å². The summed E-state index contributed by atoms with van der Waals surface area (Å²) < 4.78 is 5.85. The molecule has 1 aromatic heterocycles. The van der Waals surface area contributed by atoms with Gasteiger partial charge in [0, 0.05) is 22.2 Å². The maximum atomic E-state index is 12.1. The van der Waals surface area contributed by atoms with Crippen LogP contribution in [0.25, 0.3) is 10.9 Å². The van der Waals surface area contributed by atoms with E-state index in [1.54, 1.807) is 24.3 Å². The molecule has 1 unspecified atom stereocenters. The molecule has 3 aromatic rings. The molecule has 1 heterocycles. The van der Waals surface area contributed by atoms with Crippen LogP contribution in [-0.2, 0) is 11.4 Å². The van der Waals surface area contributed by atoms with Gasteiger partial charge in [-0.3, -0.25) is 19.8 Å². The van der Waals surface area contributed by atoms with Crippen molar-refractivity contribution in [3.8, 4) is 5.75 Å². The molecule has 29 heavy (non-hydrogen) atoms. The van der Waals surface area contributed by atoms with Gasteiger partial charge in [-0.2, -0.15) is 0 Å². The highest BCUT2D eigenvalue weighted by Crippen LogP contribution is 2.21. The fourth-order valence-corrected chi connectivity index (χ4v) is 2.84. The van der Waals surface area contributed by atoms with Crippen LogP contribution in [0.2, 0.25) is 0 Å². The zero-order chi connectivity index (χ0) is 20.8. The van der Waals surface area contributed by atoms with Crippen LogP contribution in [0.4, 0.5) is 0 Å². The van der Waals surface area contributed by atoms with Crippen LogP contribution in [0.5, 0.6) is 5.75 Å². The largest absolute Gasteiger partial charge is 0.489 e. The molecule has 0 fully saturated rings. The van der Waals surface area contributed by atoms with Crippen molar-refractivity contribution in [2.75, 3.05) is 6.54 Å². The topological polar surface area (TPSA) is 121 Å². The Morgan fingerprint density at radius 3 is 2.59 bits per heavy atom. The molecule has 2 aromatic carbocycles. The lowest BCUT2D eigenvalue weighted by Crippen LogP contribution is -2.41. The number of hydrogen-bond acceptors (Lipinski definition) is 6. The third-order valence-electron chi connectivity index (χ3n) is 4.31. The highest BCUT2D eigenvalue weighted by atomic mass is 16.5. The summed E-state index contributed by atoms with van der Waals surface area (Å²) in [6.45, 7) is 1.97. The van der Waals surface area contributed by atoms with Gasteiger partial charge >= 0.3 is 0 Å². The molecule has 8 heteroatoms. The number of aliphatic hydroxyl groups excluding tert-OH is 1. The molecule has 0 saturated carbocycles. The van der Waals surface area contributed by atoms with Crippen LogP contribution in [0.3, 0.4) is 0 Å². The maximum absolute atomic E-state index is 12.1. The van der Waals surface area contributed by atoms with Crippen LogP contribution in [0, 0.1) is 6.92 Å². The van der Waals surface area contributed by atoms with Crippen molar-refractivity contribution in [2.45, 2.75) is 19.6 Å². The summed E-state index contributed by atoms with van der Waals surface area (Å²) in [6, 6.07) is 16.3. The Balaban J connectivity index is 1.61. The lowest BCUT2D eigenvalue weighted by atomic mass is 10.1. The predicted molar refractivity (Wildman–Crippen MR) is 106 cm³/mol. The van der Waals surface area contributed by atoms with Gasteiger partial charge in [-0.05, 0) is 43.3 Å². The average molecular weight is 395 g/mol. The number of fused-ring (bicyclic) bond motifs is 1. The molecular weight excluding hydrogens is 374 g/mol. The smallest absolute Gasteiger partial charge is 0.273 e. The monoisotopic (exact) mass is 395 g/mol. The Bertz CT molecular complexity index is 1020. The molecule has 1 atom stereocenters. The summed E-state index contributed by atoms with van der Waals surface area (Å²) in [6.07, 6.45) is -1.54. The molecule has 0 aliphatic carbocycles. The number of hydrogen-bond donors (Lipinski definition) is 4. The number of nitrogens with one attached hydrogen (secondary N) is 2. The van der Waals surface area contributed by atoms with Crippen molar-refractivity contribution in [3.05, 3.63) is 71.4 Å². The van der Waals surface area contributed by atoms with Crippen molar-refractivity contribution in [1.82, 2.24) is 15.8 Å². The van der Waals surface area contributed by atoms with E-state index in [9.17, 15) is 14.7 Å². The molecule has 0 aliphatic rings. The van der Waals surface area contributed by atoms with Crippen LogP contribution in [0.1, 0.15) is 21.6 Å². The Labute approximate surface area is 167 Å². The number of aliphatic hydroxyl groups is 1. The van der Waals surface area contributed by atoms with Crippen molar-refractivity contribution >= 4 is 22.7 Å². The molecule has 0 saturated heterocycles. The Kier molecular flexibility index (Phi) is 6.38. The zero-order valence-electron chi connectivity index (χ0n) is 15.8. The Morgan fingerprint density at radius 2 is 1.86 bits per heavy atom. The second kappa shape index (κ2) is 9.13. The van der Waals surface area contributed by atoms with Gasteiger partial charge in [-0.15, -0.1) is 0 Å². The minimum Gasteiger partial charge on any atom is -0.489 e. The fourth-order valence-electron chi connectivity index (χ4n) is 2.84. The quantitative estimate of drug-likeness (QED) is 0.357. The number of nitrogens with zero attached hydrogens (tertiary/aromatic N) is 1. The first-order valence-corrected chi connectivity index (χ1v) is 8.96. The minimum atomic E-state index is -1.54. The number of amides is 2. The molecule has 0 radical (unpaired) electrons. The van der Waals surface area contributed by atoms with Gasteiger partial charge in [0.25, 0.3) is 11.8 Å². The van der Waals surface area contributed by atoms with Crippen LogP contribution < -0.4 is 15.5 Å². The van der Waals surface area contributed by atoms with Crippen molar-refractivity contribution in [2.24, 2.45) is 0 Å². The van der Waals surface area contributed by atoms with Gasteiger partial charge in [0.1, 0.15) is 12.4 Å². The van der Waals surface area contributed by atoms with Gasteiger partial charge < -0.3 is 15.2 Å². The van der Waals surface area contributed by atoms with E-state index in [1.807, 2.05) is 37.3 Å². The number of carbonyl (C=O) groups excluding carboxylic acids is 2. The van der Waals surface area contributed by atoms with Gasteiger partial charge in [-0.25, -0.2) is 5.48 Å². The Morgan fingerprint density at radius 1 is 1.14 bits per heavy atom. The first-order chi connectivity index (χ1) is 14.0. The van der Waals surface area contributed by atoms with Gasteiger partial charge in [0.05, 0.1) is 12.1 Å². The summed E-state index contributed by atoms with van der Waals surface area (Å²) in [5, 5.41) is 21.3. The van der Waals surface area contributed by atoms with E-state index in [1.165, 1.54) is 5.48 Å². The molecule has 8 nitrogen and oxygen atoms in total. The number of carbonyl (C=O) groups is 2. The van der Waals surface area contributed by atoms with E-state index >= 15 is 0 Å². The number of aromatic nitrogens is 1. The molecule has 3 rings (SSSR count). The van der Waals surface area contributed by atoms with Crippen LogP contribution in [0.15, 0.2) is 54.6 Å². The van der Waals surface area contributed by atoms with E-state index in [-0.39, 0.29) is 6.54 Å². The lowest BCUT2D eigenvalue weighted by Gasteiger charge is -2.11. The van der Waals surface area contributed by atoms with Gasteiger partial charge in [0.2, 0.25) is 0 Å². The van der Waals surface area contributed by atoms with Crippen LogP contribution >= 0.6 is 0 Å². The average Bonchev–Trinajstić information content (AvgIpc) is 2.75. The third-order valence-corrected chi connectivity index (χ3v) is 4.31. The Hall–Kier alpha value is -3.49. The lowest BCUT2D eigenvalue weighted by molar-refractivity contribution is -0.137. The molecular formula is C21H21N3O5. The van der Waals surface area contributed by atoms with E-state index in [0.717, 1.165) is 22.2 Å². The van der Waals surface area contributed by atoms with E-state index < -0.39 is 17.9 Å². The number of para-hydroxylation sites is 1. The van der Waals surface area contributed by atoms with E-state index in [0.29, 0.717) is 17.9 Å². The second-order valence-corrected chi connectivity index (χ2v) is 6.45. The molecule has 2 amide bonds. The number of ether oxygens (including phenoxy) is 1. The molecule has 0 bridgehead atoms. The number of rotatable bonds is 7. The molecule has 0 spiro atoms. The van der Waals surface area contributed by atoms with Gasteiger partial charge in [-0.1, -0.05) is 18.2 Å². The first-order valence-electron chi connectivity index (χ1n) is 8.96. The highest BCUT2D eigenvalue weighted by Gasteiger charge is 2.15. The summed E-state index contributed by atoms with van der Waals surface area (Å²) in [5.74, 6) is -0.857. The number of aryl methyl sites for hydroxylation is 1. The number of pyridine rings is 1. The van der Waals surface area contributed by atoms with Crippen molar-refractivity contribution in [3.63, 3.8) is 0 Å². The third kappa shape index (κ3) is 5.07. The van der Waals surface area contributed by atoms with Gasteiger partial charge in [0.15, 0.2) is 6.10 Å². The SMILES string of the molecule is Cc1cc(COc2ccc(C(=O)NCC(O)C(=O)NO)cc2)c2ccccc2n1. The van der Waals surface area contributed by atoms with E-state index in [4.69, 9.17) is 9.94 Å². The first kappa shape index (κ1) is 20.2. The molecule has 150 valence electrons. The summed E-state index contributed by atoms with van der Waals surface area (Å²) in [7, 11) is 0. The normalized spacial score (nSPS) is 11.7. The number of hydroxylamine groups is 1.